The number of amides is 1. The van der Waals surface area contributed by atoms with Gasteiger partial charge in [-0.1, -0.05) is 18.2 Å². The van der Waals surface area contributed by atoms with Crippen LogP contribution in [0.1, 0.15) is 24.1 Å². The minimum Gasteiger partial charge on any atom is -0.497 e. The summed E-state index contributed by atoms with van der Waals surface area (Å²) in [5.41, 5.74) is 2.12. The molecule has 3 fully saturated rings. The monoisotopic (exact) mass is 365 g/mol. The van der Waals surface area contributed by atoms with E-state index < -0.39 is 0 Å². The van der Waals surface area contributed by atoms with Crippen LogP contribution in [-0.2, 0) is 17.8 Å². The molecule has 3 aliphatic rings. The van der Waals surface area contributed by atoms with Gasteiger partial charge in [0.25, 0.3) is 0 Å². The van der Waals surface area contributed by atoms with Crippen LogP contribution in [0, 0.1) is 5.92 Å². The predicted octanol–water partition coefficient (Wildman–Crippen LogP) is 2.76. The Hall–Kier alpha value is -2.40. The van der Waals surface area contributed by atoms with Crippen molar-refractivity contribution in [1.82, 2.24) is 14.8 Å². The van der Waals surface area contributed by atoms with Crippen molar-refractivity contribution in [2.45, 2.75) is 31.8 Å². The molecule has 27 heavy (non-hydrogen) atoms. The number of carbonyl (C=O) groups is 1. The van der Waals surface area contributed by atoms with Crippen molar-refractivity contribution in [3.8, 4) is 5.75 Å². The van der Waals surface area contributed by atoms with Gasteiger partial charge in [0.1, 0.15) is 5.75 Å². The Morgan fingerprint density at radius 2 is 2.07 bits per heavy atom. The maximum absolute atomic E-state index is 13.0. The van der Waals surface area contributed by atoms with Crippen LogP contribution >= 0.6 is 0 Å². The van der Waals surface area contributed by atoms with Crippen LogP contribution in [0.2, 0.25) is 0 Å². The highest BCUT2D eigenvalue weighted by molar-refractivity contribution is 5.79. The highest BCUT2D eigenvalue weighted by Gasteiger charge is 2.37. The number of rotatable bonds is 5. The average molecular weight is 365 g/mol. The van der Waals surface area contributed by atoms with Crippen LogP contribution in [0.5, 0.6) is 5.75 Å². The number of hydrogen-bond donors (Lipinski definition) is 0. The number of nitrogens with zero attached hydrogens (tertiary/aromatic N) is 3. The van der Waals surface area contributed by atoms with Gasteiger partial charge < -0.3 is 9.64 Å². The van der Waals surface area contributed by atoms with Crippen LogP contribution in [-0.4, -0.2) is 53.5 Å². The van der Waals surface area contributed by atoms with E-state index in [1.807, 2.05) is 42.6 Å². The van der Waals surface area contributed by atoms with Gasteiger partial charge in [-0.25, -0.2) is 0 Å². The molecular weight excluding hydrogens is 338 g/mol. The van der Waals surface area contributed by atoms with Crippen molar-refractivity contribution >= 4 is 5.91 Å². The Morgan fingerprint density at radius 3 is 2.89 bits per heavy atom. The standard InChI is InChI=1S/C22H27N3O2/c1-27-21-7-4-5-17(11-21)12-22(26)25-14-18-8-9-20(25)16-24(13-18)15-19-6-2-3-10-23-19/h2-7,10-11,18,20H,8-9,12-16H2,1H3/t18-,20+/m1/s1. The molecule has 5 rings (SSSR count). The summed E-state index contributed by atoms with van der Waals surface area (Å²) in [4.78, 5) is 22.1. The molecule has 0 saturated carbocycles. The Morgan fingerprint density at radius 1 is 1.15 bits per heavy atom. The molecule has 0 spiro atoms. The van der Waals surface area contributed by atoms with E-state index in [-0.39, 0.29) is 5.91 Å². The maximum atomic E-state index is 13.0. The summed E-state index contributed by atoms with van der Waals surface area (Å²) >= 11 is 0. The van der Waals surface area contributed by atoms with Crippen LogP contribution in [0.25, 0.3) is 0 Å². The number of carbonyl (C=O) groups excluding carboxylic acids is 1. The molecule has 2 aromatic rings. The fourth-order valence-corrected chi connectivity index (χ4v) is 4.39. The first-order chi connectivity index (χ1) is 13.2. The minimum atomic E-state index is 0.234. The smallest absolute Gasteiger partial charge is 0.227 e. The molecule has 1 aromatic heterocycles. The second-order valence-electron chi connectivity index (χ2n) is 7.69. The summed E-state index contributed by atoms with van der Waals surface area (Å²) in [6.45, 7) is 3.74. The van der Waals surface area contributed by atoms with Gasteiger partial charge in [-0.05, 0) is 48.6 Å². The molecule has 2 atom stereocenters. The third kappa shape index (κ3) is 4.30. The molecule has 5 heteroatoms. The Labute approximate surface area is 161 Å². The lowest BCUT2D eigenvalue weighted by Gasteiger charge is -2.36. The van der Waals surface area contributed by atoms with E-state index in [2.05, 4.69) is 20.9 Å². The minimum absolute atomic E-state index is 0.234. The van der Waals surface area contributed by atoms with Crippen molar-refractivity contribution in [2.75, 3.05) is 26.7 Å². The Bertz CT molecular complexity index is 780. The van der Waals surface area contributed by atoms with E-state index >= 15 is 0 Å². The van der Waals surface area contributed by atoms with Crippen LogP contribution in [0.3, 0.4) is 0 Å². The molecular formula is C22H27N3O2. The topological polar surface area (TPSA) is 45.7 Å². The molecule has 2 bridgehead atoms. The summed E-state index contributed by atoms with van der Waals surface area (Å²) in [5, 5.41) is 0. The quantitative estimate of drug-likeness (QED) is 0.817. The van der Waals surface area contributed by atoms with Crippen molar-refractivity contribution in [3.05, 3.63) is 59.9 Å². The normalized spacial score (nSPS) is 22.5. The molecule has 5 nitrogen and oxygen atoms in total. The molecule has 4 heterocycles. The zero-order chi connectivity index (χ0) is 18.6. The van der Waals surface area contributed by atoms with Gasteiger partial charge in [-0.15, -0.1) is 0 Å². The highest BCUT2D eigenvalue weighted by Crippen LogP contribution is 2.29. The first-order valence-electron chi connectivity index (χ1n) is 9.76. The third-order valence-corrected chi connectivity index (χ3v) is 5.71. The summed E-state index contributed by atoms with van der Waals surface area (Å²) in [6, 6.07) is 14.2. The van der Waals surface area contributed by atoms with Crippen molar-refractivity contribution in [2.24, 2.45) is 5.92 Å². The maximum Gasteiger partial charge on any atom is 0.227 e. The van der Waals surface area contributed by atoms with E-state index in [9.17, 15) is 4.79 Å². The van der Waals surface area contributed by atoms with E-state index in [4.69, 9.17) is 4.74 Å². The number of ether oxygens (including phenoxy) is 1. The van der Waals surface area contributed by atoms with Crippen molar-refractivity contribution < 1.29 is 9.53 Å². The largest absolute Gasteiger partial charge is 0.497 e. The van der Waals surface area contributed by atoms with Crippen LogP contribution < -0.4 is 4.74 Å². The zero-order valence-corrected chi connectivity index (χ0v) is 15.9. The van der Waals surface area contributed by atoms with Crippen molar-refractivity contribution in [1.29, 1.82) is 0 Å². The number of piperidine rings is 1. The van der Waals surface area contributed by atoms with Gasteiger partial charge in [-0.2, -0.15) is 0 Å². The lowest BCUT2D eigenvalue weighted by Crippen LogP contribution is -2.48. The fraction of sp³-hybridized carbons (Fsp3) is 0.455. The SMILES string of the molecule is COc1cccc(CC(=O)N2C[C@@H]3CC[C@H]2CN(Cc2ccccn2)C3)c1. The lowest BCUT2D eigenvalue weighted by atomic mass is 9.94. The predicted molar refractivity (Wildman–Crippen MR) is 104 cm³/mol. The molecule has 1 aromatic carbocycles. The second-order valence-corrected chi connectivity index (χ2v) is 7.69. The van der Waals surface area contributed by atoms with Gasteiger partial charge in [-0.3, -0.25) is 14.7 Å². The van der Waals surface area contributed by atoms with Gasteiger partial charge >= 0.3 is 0 Å². The summed E-state index contributed by atoms with van der Waals surface area (Å²) < 4.78 is 5.28. The summed E-state index contributed by atoms with van der Waals surface area (Å²) in [7, 11) is 1.66. The number of pyridine rings is 1. The second kappa shape index (κ2) is 8.09. The van der Waals surface area contributed by atoms with Gasteiger partial charge in [0.15, 0.2) is 0 Å². The van der Waals surface area contributed by atoms with Crippen LogP contribution in [0.15, 0.2) is 48.7 Å². The first kappa shape index (κ1) is 18.0. The molecule has 3 aliphatic heterocycles. The van der Waals surface area contributed by atoms with E-state index in [1.165, 1.54) is 6.42 Å². The van der Waals surface area contributed by atoms with E-state index in [0.717, 1.165) is 49.6 Å². The first-order valence-corrected chi connectivity index (χ1v) is 9.76. The van der Waals surface area contributed by atoms with Gasteiger partial charge in [0.05, 0.1) is 19.2 Å². The number of hydrogen-bond acceptors (Lipinski definition) is 4. The molecule has 3 saturated heterocycles. The number of fused-ring (bicyclic) bond motifs is 4. The molecule has 0 radical (unpaired) electrons. The number of methoxy groups -OCH3 is 1. The lowest BCUT2D eigenvalue weighted by molar-refractivity contribution is -0.134. The number of benzene rings is 1. The van der Waals surface area contributed by atoms with E-state index in [1.54, 1.807) is 7.11 Å². The van der Waals surface area contributed by atoms with E-state index in [0.29, 0.717) is 18.4 Å². The Balaban J connectivity index is 1.43. The summed E-state index contributed by atoms with van der Waals surface area (Å²) in [6.07, 6.45) is 4.62. The highest BCUT2D eigenvalue weighted by atomic mass is 16.5. The van der Waals surface area contributed by atoms with Gasteiger partial charge in [0.2, 0.25) is 5.91 Å². The average Bonchev–Trinajstić information content (AvgIpc) is 2.99. The molecule has 142 valence electrons. The molecule has 0 unspecified atom stereocenters. The molecule has 1 amide bonds. The zero-order valence-electron chi connectivity index (χ0n) is 15.9. The summed E-state index contributed by atoms with van der Waals surface area (Å²) in [5.74, 6) is 1.60. The molecule has 0 N–H and O–H groups in total. The van der Waals surface area contributed by atoms with Crippen LogP contribution in [0.4, 0.5) is 0 Å². The van der Waals surface area contributed by atoms with Crippen molar-refractivity contribution in [3.63, 3.8) is 0 Å². The number of aromatic nitrogens is 1. The van der Waals surface area contributed by atoms with Gasteiger partial charge in [0, 0.05) is 38.4 Å². The fourth-order valence-electron chi connectivity index (χ4n) is 4.39. The Kier molecular flexibility index (Phi) is 5.39. The molecule has 0 aliphatic carbocycles. The third-order valence-electron chi connectivity index (χ3n) is 5.71.